The van der Waals surface area contributed by atoms with Crippen LogP contribution >= 0.6 is 11.6 Å². The summed E-state index contributed by atoms with van der Waals surface area (Å²) in [6, 6.07) is 25.7. The number of hydrogen-bond acceptors (Lipinski definition) is 3. The first-order valence-corrected chi connectivity index (χ1v) is 10.1. The van der Waals surface area contributed by atoms with E-state index in [9.17, 15) is 4.79 Å². The van der Waals surface area contributed by atoms with Crippen LogP contribution in [0.5, 0.6) is 5.75 Å². The molecule has 0 aliphatic heterocycles. The van der Waals surface area contributed by atoms with E-state index in [0.29, 0.717) is 27.5 Å². The van der Waals surface area contributed by atoms with Crippen molar-refractivity contribution in [3.8, 4) is 5.75 Å². The summed E-state index contributed by atoms with van der Waals surface area (Å²) in [6.45, 7) is 5.87. The number of carbonyl (C=O) groups excluding carboxylic acids is 1. The van der Waals surface area contributed by atoms with Gasteiger partial charge >= 0.3 is 5.97 Å². The molecule has 0 saturated carbocycles. The number of esters is 1. The summed E-state index contributed by atoms with van der Waals surface area (Å²) in [7, 11) is 1.59. The molecule has 0 aliphatic carbocycles. The van der Waals surface area contributed by atoms with Gasteiger partial charge in [0.25, 0.3) is 0 Å². The van der Waals surface area contributed by atoms with Crippen molar-refractivity contribution in [2.24, 2.45) is 0 Å². The van der Waals surface area contributed by atoms with Gasteiger partial charge in [0.15, 0.2) is 5.76 Å². The van der Waals surface area contributed by atoms with Crippen molar-refractivity contribution in [2.75, 3.05) is 7.11 Å². The van der Waals surface area contributed by atoms with Crippen LogP contribution in [0.2, 0.25) is 0 Å². The van der Waals surface area contributed by atoms with Crippen LogP contribution < -0.4 is 4.74 Å². The molecule has 0 fully saturated rings. The first-order valence-electron chi connectivity index (χ1n) is 9.74. The van der Waals surface area contributed by atoms with Crippen LogP contribution in [-0.2, 0) is 4.74 Å². The molecule has 31 heavy (non-hydrogen) atoms. The molecule has 3 aromatic carbocycles. The van der Waals surface area contributed by atoms with E-state index in [1.165, 1.54) is 0 Å². The zero-order valence-corrected chi connectivity index (χ0v) is 18.2. The van der Waals surface area contributed by atoms with Crippen molar-refractivity contribution in [3.63, 3.8) is 0 Å². The molecule has 3 rings (SSSR count). The van der Waals surface area contributed by atoms with Crippen LogP contribution in [-0.4, -0.2) is 13.1 Å². The van der Waals surface area contributed by atoms with Crippen molar-refractivity contribution in [1.82, 2.24) is 0 Å². The maximum absolute atomic E-state index is 12.9. The van der Waals surface area contributed by atoms with E-state index >= 15 is 0 Å². The highest BCUT2D eigenvalue weighted by atomic mass is 35.5. The molecular formula is C27H23ClO3. The Bertz CT molecular complexity index is 1110. The van der Waals surface area contributed by atoms with Crippen molar-refractivity contribution < 1.29 is 14.3 Å². The fourth-order valence-corrected chi connectivity index (χ4v) is 3.27. The number of allylic oxidation sites excluding steroid dienone is 4. The van der Waals surface area contributed by atoms with E-state index in [4.69, 9.17) is 21.1 Å². The third-order valence-corrected chi connectivity index (χ3v) is 4.84. The van der Waals surface area contributed by atoms with Gasteiger partial charge in [-0.25, -0.2) is 4.79 Å². The van der Waals surface area contributed by atoms with Gasteiger partial charge in [0, 0.05) is 11.1 Å². The predicted molar refractivity (Wildman–Crippen MR) is 127 cm³/mol. The predicted octanol–water partition coefficient (Wildman–Crippen LogP) is 7.12. The van der Waals surface area contributed by atoms with Gasteiger partial charge in [0.2, 0.25) is 0 Å². The van der Waals surface area contributed by atoms with Gasteiger partial charge < -0.3 is 9.47 Å². The van der Waals surface area contributed by atoms with Gasteiger partial charge in [-0.2, -0.15) is 0 Å². The Morgan fingerprint density at radius 1 is 0.839 bits per heavy atom. The molecule has 0 aliphatic rings. The second-order valence-corrected chi connectivity index (χ2v) is 7.28. The molecule has 0 spiro atoms. The number of halogens is 1. The average Bonchev–Trinajstić information content (AvgIpc) is 2.81. The minimum Gasteiger partial charge on any atom is -0.497 e. The van der Waals surface area contributed by atoms with Gasteiger partial charge in [0.1, 0.15) is 5.75 Å². The summed E-state index contributed by atoms with van der Waals surface area (Å²) >= 11 is 6.89. The lowest BCUT2D eigenvalue weighted by Gasteiger charge is -2.15. The van der Waals surface area contributed by atoms with Gasteiger partial charge in [-0.05, 0) is 48.9 Å². The van der Waals surface area contributed by atoms with Crippen LogP contribution in [0.3, 0.4) is 0 Å². The molecule has 156 valence electrons. The largest absolute Gasteiger partial charge is 0.497 e. The lowest BCUT2D eigenvalue weighted by Crippen LogP contribution is -2.06. The van der Waals surface area contributed by atoms with Gasteiger partial charge in [-0.15, -0.1) is 0 Å². The molecule has 0 amide bonds. The average molecular weight is 431 g/mol. The number of carbonyl (C=O) groups is 1. The SMILES string of the molecule is C=C(C)/C=C(\C(Cl)=C(\OC(=O)c1ccccc1)c1ccc(OC)cc1)c1ccccc1. The van der Waals surface area contributed by atoms with E-state index < -0.39 is 5.97 Å². The molecule has 0 unspecified atom stereocenters. The van der Waals surface area contributed by atoms with E-state index in [1.807, 2.05) is 49.4 Å². The molecule has 0 atom stereocenters. The number of benzene rings is 3. The van der Waals surface area contributed by atoms with E-state index in [2.05, 4.69) is 6.58 Å². The summed E-state index contributed by atoms with van der Waals surface area (Å²) < 4.78 is 11.1. The fourth-order valence-electron chi connectivity index (χ4n) is 2.96. The molecule has 0 heterocycles. The van der Waals surface area contributed by atoms with Crippen molar-refractivity contribution >= 4 is 28.9 Å². The quantitative estimate of drug-likeness (QED) is 0.227. The highest BCUT2D eigenvalue weighted by Gasteiger charge is 2.19. The third kappa shape index (κ3) is 5.74. The lowest BCUT2D eigenvalue weighted by molar-refractivity contribution is 0.0691. The molecule has 3 aromatic rings. The number of methoxy groups -OCH3 is 1. The molecule has 3 nitrogen and oxygen atoms in total. The minimum absolute atomic E-state index is 0.259. The number of rotatable bonds is 7. The summed E-state index contributed by atoms with van der Waals surface area (Å²) in [6.07, 6.45) is 1.87. The molecule has 0 radical (unpaired) electrons. The Morgan fingerprint density at radius 3 is 1.90 bits per heavy atom. The number of ether oxygens (including phenoxy) is 2. The highest BCUT2D eigenvalue weighted by Crippen LogP contribution is 2.35. The van der Waals surface area contributed by atoms with Gasteiger partial charge in [-0.1, -0.05) is 78.4 Å². The molecule has 0 saturated heterocycles. The van der Waals surface area contributed by atoms with E-state index in [1.54, 1.807) is 55.6 Å². The van der Waals surface area contributed by atoms with Crippen LogP contribution in [0.1, 0.15) is 28.4 Å². The Morgan fingerprint density at radius 2 is 1.39 bits per heavy atom. The van der Waals surface area contributed by atoms with Crippen LogP contribution in [0, 0.1) is 0 Å². The third-order valence-electron chi connectivity index (χ3n) is 4.47. The second kappa shape index (κ2) is 10.5. The standard InChI is InChI=1S/C27H23ClO3/c1-19(2)18-24(20-10-6-4-7-11-20)25(28)26(21-14-16-23(30-3)17-15-21)31-27(29)22-12-8-5-9-13-22/h4-18H,1H2,2-3H3/b24-18-,26-25-. The Balaban J connectivity index is 2.15. The second-order valence-electron chi connectivity index (χ2n) is 6.90. The Hall–Kier alpha value is -3.56. The smallest absolute Gasteiger partial charge is 0.343 e. The Kier molecular flexibility index (Phi) is 7.47. The number of hydrogen-bond donors (Lipinski definition) is 0. The first-order chi connectivity index (χ1) is 15.0. The monoisotopic (exact) mass is 430 g/mol. The fraction of sp³-hybridized carbons (Fsp3) is 0.0741. The zero-order valence-electron chi connectivity index (χ0n) is 17.5. The summed E-state index contributed by atoms with van der Waals surface area (Å²) in [5.41, 5.74) is 3.50. The molecule has 0 aromatic heterocycles. The van der Waals surface area contributed by atoms with Crippen LogP contribution in [0.4, 0.5) is 0 Å². The molecule has 0 bridgehead atoms. The van der Waals surface area contributed by atoms with Crippen molar-refractivity contribution in [2.45, 2.75) is 6.92 Å². The van der Waals surface area contributed by atoms with E-state index in [0.717, 1.165) is 11.1 Å². The van der Waals surface area contributed by atoms with Crippen molar-refractivity contribution in [1.29, 1.82) is 0 Å². The molecule has 4 heteroatoms. The topological polar surface area (TPSA) is 35.5 Å². The van der Waals surface area contributed by atoms with E-state index in [-0.39, 0.29) is 5.76 Å². The lowest BCUT2D eigenvalue weighted by atomic mass is 10.0. The minimum atomic E-state index is -0.493. The highest BCUT2D eigenvalue weighted by molar-refractivity contribution is 6.40. The van der Waals surface area contributed by atoms with Crippen LogP contribution in [0.25, 0.3) is 11.3 Å². The summed E-state index contributed by atoms with van der Waals surface area (Å²) in [5, 5.41) is 0.309. The van der Waals surface area contributed by atoms with Gasteiger partial charge in [-0.3, -0.25) is 0 Å². The maximum atomic E-state index is 12.9. The maximum Gasteiger partial charge on any atom is 0.343 e. The first kappa shape index (κ1) is 22.1. The molecular weight excluding hydrogens is 408 g/mol. The normalized spacial score (nSPS) is 12.0. The van der Waals surface area contributed by atoms with Crippen LogP contribution in [0.15, 0.2) is 108 Å². The summed E-state index contributed by atoms with van der Waals surface area (Å²) in [4.78, 5) is 12.9. The molecule has 0 N–H and O–H groups in total. The zero-order chi connectivity index (χ0) is 22.2. The summed E-state index contributed by atoms with van der Waals surface area (Å²) in [5.74, 6) is 0.455. The van der Waals surface area contributed by atoms with Gasteiger partial charge in [0.05, 0.1) is 17.7 Å². The van der Waals surface area contributed by atoms with Crippen molar-refractivity contribution in [3.05, 3.63) is 125 Å². The Labute approximate surface area is 187 Å².